The molecule has 0 aliphatic carbocycles. The van der Waals surface area contributed by atoms with Crippen LogP contribution in [-0.2, 0) is 0 Å². The Labute approximate surface area is 185 Å². The van der Waals surface area contributed by atoms with E-state index in [1.807, 2.05) is 12.1 Å². The summed E-state index contributed by atoms with van der Waals surface area (Å²) in [5.41, 5.74) is 2.19. The van der Waals surface area contributed by atoms with E-state index >= 15 is 0 Å². The molecule has 0 fully saturated rings. The fourth-order valence-electron chi connectivity index (χ4n) is 3.73. The molecule has 0 atom stereocenters. The third-order valence-corrected chi connectivity index (χ3v) is 7.65. The van der Waals surface area contributed by atoms with E-state index in [4.69, 9.17) is 14.2 Å². The quantitative estimate of drug-likeness (QED) is 0.382. The van der Waals surface area contributed by atoms with E-state index < -0.39 is 7.92 Å². The lowest BCUT2D eigenvalue weighted by Crippen LogP contribution is -2.22. The Morgan fingerprint density at radius 2 is 1.03 bits per heavy atom. The van der Waals surface area contributed by atoms with Crippen LogP contribution in [0.25, 0.3) is 11.1 Å². The Bertz CT molecular complexity index is 1080. The first-order chi connectivity index (χ1) is 15.3. The zero-order valence-electron chi connectivity index (χ0n) is 17.9. The average Bonchev–Trinajstić information content (AvgIpc) is 2.85. The van der Waals surface area contributed by atoms with Gasteiger partial charge in [0.1, 0.15) is 0 Å². The van der Waals surface area contributed by atoms with Crippen LogP contribution in [0.1, 0.15) is 0 Å². The minimum Gasteiger partial charge on any atom is -0.493 e. The molecule has 0 radical (unpaired) electrons. The smallest absolute Gasteiger partial charge is 0.203 e. The van der Waals surface area contributed by atoms with Crippen LogP contribution in [-0.4, -0.2) is 21.3 Å². The second kappa shape index (κ2) is 9.68. The summed E-state index contributed by atoms with van der Waals surface area (Å²) >= 11 is 0. The highest BCUT2D eigenvalue weighted by Gasteiger charge is 2.22. The molecule has 0 N–H and O–H groups in total. The molecule has 156 valence electrons. The summed E-state index contributed by atoms with van der Waals surface area (Å²) in [5, 5.41) is 3.90. The highest BCUT2D eigenvalue weighted by atomic mass is 31.1. The van der Waals surface area contributed by atoms with Crippen LogP contribution < -0.4 is 30.1 Å². The molecule has 0 spiro atoms. The number of ether oxygens (including phenoxy) is 3. The molecule has 0 amide bonds. The van der Waals surface area contributed by atoms with E-state index in [2.05, 4.69) is 84.9 Å². The Balaban J connectivity index is 1.94. The maximum absolute atomic E-state index is 5.61. The monoisotopic (exact) mass is 428 g/mol. The zero-order chi connectivity index (χ0) is 21.6. The van der Waals surface area contributed by atoms with Crippen LogP contribution >= 0.6 is 7.92 Å². The summed E-state index contributed by atoms with van der Waals surface area (Å²) < 4.78 is 16.7. The highest BCUT2D eigenvalue weighted by molar-refractivity contribution is 7.80. The van der Waals surface area contributed by atoms with Crippen LogP contribution in [0.5, 0.6) is 17.2 Å². The summed E-state index contributed by atoms with van der Waals surface area (Å²) in [6.07, 6.45) is 0. The van der Waals surface area contributed by atoms with Gasteiger partial charge in [-0.1, -0.05) is 84.9 Å². The zero-order valence-corrected chi connectivity index (χ0v) is 18.8. The second-order valence-electron chi connectivity index (χ2n) is 6.94. The Morgan fingerprint density at radius 1 is 0.548 bits per heavy atom. The van der Waals surface area contributed by atoms with Crippen LogP contribution in [0.3, 0.4) is 0 Å². The molecule has 0 unspecified atom stereocenters. The minimum atomic E-state index is -0.742. The van der Waals surface area contributed by atoms with E-state index in [1.54, 1.807) is 21.3 Å². The van der Waals surface area contributed by atoms with Crippen molar-refractivity contribution >= 4 is 23.8 Å². The van der Waals surface area contributed by atoms with Crippen molar-refractivity contribution in [2.75, 3.05) is 21.3 Å². The van der Waals surface area contributed by atoms with Gasteiger partial charge in [0.2, 0.25) is 5.75 Å². The summed E-state index contributed by atoms with van der Waals surface area (Å²) in [6.45, 7) is 0. The topological polar surface area (TPSA) is 27.7 Å². The van der Waals surface area contributed by atoms with Gasteiger partial charge in [0, 0.05) is 0 Å². The van der Waals surface area contributed by atoms with Gasteiger partial charge < -0.3 is 14.2 Å². The van der Waals surface area contributed by atoms with Crippen molar-refractivity contribution in [1.82, 2.24) is 0 Å². The maximum atomic E-state index is 5.61. The third-order valence-electron chi connectivity index (χ3n) is 5.15. The van der Waals surface area contributed by atoms with Gasteiger partial charge in [-0.3, -0.25) is 0 Å². The number of methoxy groups -OCH3 is 3. The summed E-state index contributed by atoms with van der Waals surface area (Å²) in [5.74, 6) is 1.89. The van der Waals surface area contributed by atoms with Crippen molar-refractivity contribution < 1.29 is 14.2 Å². The molecule has 0 heterocycles. The number of rotatable bonds is 7. The van der Waals surface area contributed by atoms with Crippen LogP contribution in [0.4, 0.5) is 0 Å². The van der Waals surface area contributed by atoms with Crippen LogP contribution in [0.2, 0.25) is 0 Å². The second-order valence-corrected chi connectivity index (χ2v) is 9.12. The lowest BCUT2D eigenvalue weighted by Gasteiger charge is -2.23. The summed E-state index contributed by atoms with van der Waals surface area (Å²) in [6, 6.07) is 34.0. The Morgan fingerprint density at radius 3 is 1.52 bits per heavy atom. The molecule has 0 aliphatic heterocycles. The van der Waals surface area contributed by atoms with Crippen molar-refractivity contribution in [3.05, 3.63) is 97.1 Å². The standard InChI is InChI=1S/C27H25O3P/c1-28-24-18-20(19-25(29-2)27(24)30-3)23-16-10-11-17-26(23)31(21-12-6-4-7-13-21)22-14-8-5-9-15-22/h4-19H,1-3H3. The van der Waals surface area contributed by atoms with Gasteiger partial charge in [-0.25, -0.2) is 0 Å². The lowest BCUT2D eigenvalue weighted by molar-refractivity contribution is 0.324. The molecule has 0 bridgehead atoms. The van der Waals surface area contributed by atoms with Gasteiger partial charge in [-0.05, 0) is 47.1 Å². The van der Waals surface area contributed by atoms with E-state index in [-0.39, 0.29) is 0 Å². The van der Waals surface area contributed by atoms with Crippen molar-refractivity contribution in [2.24, 2.45) is 0 Å². The number of benzene rings is 4. The molecule has 0 saturated carbocycles. The first-order valence-corrected chi connectivity index (χ1v) is 11.4. The SMILES string of the molecule is COc1cc(-c2ccccc2P(c2ccccc2)c2ccccc2)cc(OC)c1OC. The minimum absolute atomic E-state index is 0.597. The molecule has 4 rings (SSSR count). The summed E-state index contributed by atoms with van der Waals surface area (Å²) in [7, 11) is 4.17. The fraction of sp³-hybridized carbons (Fsp3) is 0.111. The van der Waals surface area contributed by atoms with Crippen molar-refractivity contribution in [3.8, 4) is 28.4 Å². The molecule has 4 aromatic rings. The summed E-state index contributed by atoms with van der Waals surface area (Å²) in [4.78, 5) is 0. The van der Waals surface area contributed by atoms with Gasteiger partial charge in [0.15, 0.2) is 11.5 Å². The third kappa shape index (κ3) is 4.28. The molecule has 3 nitrogen and oxygen atoms in total. The number of hydrogen-bond donors (Lipinski definition) is 0. The van der Waals surface area contributed by atoms with Crippen molar-refractivity contribution in [3.63, 3.8) is 0 Å². The fourth-order valence-corrected chi connectivity index (χ4v) is 6.21. The molecular weight excluding hydrogens is 403 g/mol. The first-order valence-electron chi connectivity index (χ1n) is 10.1. The van der Waals surface area contributed by atoms with Crippen LogP contribution in [0.15, 0.2) is 97.1 Å². The van der Waals surface area contributed by atoms with Crippen molar-refractivity contribution in [2.45, 2.75) is 0 Å². The average molecular weight is 428 g/mol. The highest BCUT2D eigenvalue weighted by Crippen LogP contribution is 2.43. The predicted molar refractivity (Wildman–Crippen MR) is 130 cm³/mol. The van der Waals surface area contributed by atoms with E-state index in [9.17, 15) is 0 Å². The lowest BCUT2D eigenvalue weighted by atomic mass is 10.0. The normalized spacial score (nSPS) is 10.7. The molecule has 0 aromatic heterocycles. The van der Waals surface area contributed by atoms with Gasteiger partial charge in [-0.2, -0.15) is 0 Å². The molecule has 0 saturated heterocycles. The van der Waals surface area contributed by atoms with Crippen LogP contribution in [0, 0.1) is 0 Å². The Kier molecular flexibility index (Phi) is 6.54. The van der Waals surface area contributed by atoms with E-state index in [0.717, 1.165) is 11.1 Å². The van der Waals surface area contributed by atoms with Crippen molar-refractivity contribution in [1.29, 1.82) is 0 Å². The molecule has 4 heteroatoms. The van der Waals surface area contributed by atoms with Gasteiger partial charge >= 0.3 is 0 Å². The van der Waals surface area contributed by atoms with E-state index in [1.165, 1.54) is 15.9 Å². The maximum Gasteiger partial charge on any atom is 0.203 e. The van der Waals surface area contributed by atoms with Gasteiger partial charge in [0.25, 0.3) is 0 Å². The first kappa shape index (κ1) is 21.0. The predicted octanol–water partition coefficient (Wildman–Crippen LogP) is 5.14. The largest absolute Gasteiger partial charge is 0.493 e. The molecule has 0 aliphatic rings. The number of hydrogen-bond acceptors (Lipinski definition) is 3. The van der Waals surface area contributed by atoms with Gasteiger partial charge in [0.05, 0.1) is 21.3 Å². The van der Waals surface area contributed by atoms with Gasteiger partial charge in [-0.15, -0.1) is 0 Å². The molecular formula is C27H25O3P. The molecule has 31 heavy (non-hydrogen) atoms. The molecule has 4 aromatic carbocycles. The Hall–Kier alpha value is -3.29. The van der Waals surface area contributed by atoms with E-state index in [0.29, 0.717) is 17.2 Å².